The minimum Gasteiger partial charge on any atom is -0.370 e. The number of hydrogen-bond acceptors (Lipinski definition) is 3. The van der Waals surface area contributed by atoms with Gasteiger partial charge in [0, 0.05) is 19.1 Å². The van der Waals surface area contributed by atoms with Crippen molar-refractivity contribution in [3.63, 3.8) is 0 Å². The van der Waals surface area contributed by atoms with E-state index in [1.807, 2.05) is 6.20 Å². The third-order valence-corrected chi connectivity index (χ3v) is 4.85. The molecule has 1 saturated carbocycles. The predicted molar refractivity (Wildman–Crippen MR) is 85.9 cm³/mol. The van der Waals surface area contributed by atoms with Gasteiger partial charge >= 0.3 is 0 Å². The summed E-state index contributed by atoms with van der Waals surface area (Å²) < 4.78 is 0. The molecule has 112 valence electrons. The lowest BCUT2D eigenvalue weighted by molar-refractivity contribution is 0.222. The van der Waals surface area contributed by atoms with Gasteiger partial charge in [0.25, 0.3) is 0 Å². The van der Waals surface area contributed by atoms with Crippen molar-refractivity contribution >= 4 is 5.69 Å². The van der Waals surface area contributed by atoms with E-state index in [0.717, 1.165) is 12.1 Å². The zero-order chi connectivity index (χ0) is 14.8. The Labute approximate surface area is 123 Å². The minimum absolute atomic E-state index is 0.0600. The molecule has 20 heavy (non-hydrogen) atoms. The summed E-state index contributed by atoms with van der Waals surface area (Å²) in [6.45, 7) is 6.85. The molecule has 0 amide bonds. The molecule has 1 unspecified atom stereocenters. The third kappa shape index (κ3) is 3.51. The molecule has 1 atom stereocenters. The molecular formula is C17H29N3. The minimum atomic E-state index is 0.0600. The highest BCUT2D eigenvalue weighted by Gasteiger charge is 2.29. The maximum absolute atomic E-state index is 6.02. The van der Waals surface area contributed by atoms with E-state index in [0.29, 0.717) is 11.5 Å². The summed E-state index contributed by atoms with van der Waals surface area (Å²) in [4.78, 5) is 6.92. The lowest BCUT2D eigenvalue weighted by Gasteiger charge is -2.39. The van der Waals surface area contributed by atoms with E-state index >= 15 is 0 Å². The van der Waals surface area contributed by atoms with Crippen LogP contribution in [0.3, 0.4) is 0 Å². The molecule has 1 aliphatic carbocycles. The van der Waals surface area contributed by atoms with Gasteiger partial charge in [-0.3, -0.25) is 4.98 Å². The molecular weight excluding hydrogens is 246 g/mol. The molecule has 1 aromatic heterocycles. The molecule has 0 aliphatic heterocycles. The van der Waals surface area contributed by atoms with Gasteiger partial charge in [-0.2, -0.15) is 0 Å². The topological polar surface area (TPSA) is 42.1 Å². The first kappa shape index (κ1) is 15.3. The lowest BCUT2D eigenvalue weighted by Crippen LogP contribution is -2.37. The smallest absolute Gasteiger partial charge is 0.0572 e. The number of rotatable bonds is 4. The second-order valence-electron chi connectivity index (χ2n) is 6.96. The van der Waals surface area contributed by atoms with Crippen LogP contribution in [0.5, 0.6) is 0 Å². The number of pyridine rings is 1. The van der Waals surface area contributed by atoms with E-state index in [9.17, 15) is 0 Å². The van der Waals surface area contributed by atoms with Crippen molar-refractivity contribution in [3.05, 3.63) is 24.0 Å². The van der Waals surface area contributed by atoms with Gasteiger partial charge in [-0.15, -0.1) is 0 Å². The summed E-state index contributed by atoms with van der Waals surface area (Å²) in [5.74, 6) is 0. The van der Waals surface area contributed by atoms with Crippen molar-refractivity contribution in [1.82, 2.24) is 4.98 Å². The molecule has 1 fully saturated rings. The molecule has 1 heterocycles. The molecule has 0 aromatic carbocycles. The Bertz CT molecular complexity index is 414. The summed E-state index contributed by atoms with van der Waals surface area (Å²) in [5.41, 5.74) is 8.74. The molecule has 3 nitrogen and oxygen atoms in total. The van der Waals surface area contributed by atoms with Gasteiger partial charge in [-0.25, -0.2) is 0 Å². The summed E-state index contributed by atoms with van der Waals surface area (Å²) in [6.07, 6.45) is 8.09. The average Bonchev–Trinajstić information content (AvgIpc) is 2.46. The molecule has 1 aromatic rings. The van der Waals surface area contributed by atoms with Crippen LogP contribution in [0.1, 0.15) is 64.6 Å². The van der Waals surface area contributed by atoms with Crippen LogP contribution in [0.2, 0.25) is 0 Å². The number of nitrogens with two attached hydrogens (primary N) is 1. The van der Waals surface area contributed by atoms with E-state index in [4.69, 9.17) is 5.73 Å². The second-order valence-corrected chi connectivity index (χ2v) is 6.96. The number of anilines is 1. The zero-order valence-corrected chi connectivity index (χ0v) is 13.4. The largest absolute Gasteiger partial charge is 0.370 e. The van der Waals surface area contributed by atoms with E-state index < -0.39 is 0 Å². The van der Waals surface area contributed by atoms with Crippen molar-refractivity contribution in [1.29, 1.82) is 0 Å². The summed E-state index contributed by atoms with van der Waals surface area (Å²) >= 11 is 0. The van der Waals surface area contributed by atoms with Crippen LogP contribution < -0.4 is 10.6 Å². The van der Waals surface area contributed by atoms with Crippen LogP contribution in [-0.4, -0.2) is 18.1 Å². The van der Waals surface area contributed by atoms with Gasteiger partial charge in [0.1, 0.15) is 0 Å². The van der Waals surface area contributed by atoms with E-state index in [2.05, 4.69) is 49.8 Å². The van der Waals surface area contributed by atoms with Crippen LogP contribution >= 0.6 is 0 Å². The number of hydrogen-bond donors (Lipinski definition) is 1. The van der Waals surface area contributed by atoms with E-state index in [1.165, 1.54) is 31.4 Å². The third-order valence-electron chi connectivity index (χ3n) is 4.85. The fourth-order valence-electron chi connectivity index (χ4n) is 3.02. The fourth-order valence-corrected chi connectivity index (χ4v) is 3.02. The molecule has 0 bridgehead atoms. The first-order chi connectivity index (χ1) is 9.43. The lowest BCUT2D eigenvalue weighted by atomic mass is 9.75. The molecule has 3 heteroatoms. The molecule has 0 spiro atoms. The highest BCUT2D eigenvalue weighted by atomic mass is 15.1. The molecule has 2 N–H and O–H groups in total. The van der Waals surface area contributed by atoms with Gasteiger partial charge in [0.15, 0.2) is 0 Å². The Morgan fingerprint density at radius 3 is 2.50 bits per heavy atom. The fraction of sp³-hybridized carbons (Fsp3) is 0.706. The van der Waals surface area contributed by atoms with Crippen molar-refractivity contribution in [2.45, 2.75) is 65.0 Å². The Morgan fingerprint density at radius 1 is 1.35 bits per heavy atom. The van der Waals surface area contributed by atoms with Gasteiger partial charge in [-0.05, 0) is 49.7 Å². The molecule has 0 radical (unpaired) electrons. The van der Waals surface area contributed by atoms with Crippen molar-refractivity contribution in [2.24, 2.45) is 11.1 Å². The average molecular weight is 275 g/mol. The molecule has 0 saturated heterocycles. The Kier molecular flexibility index (Phi) is 4.69. The molecule has 2 rings (SSSR count). The second kappa shape index (κ2) is 6.13. The van der Waals surface area contributed by atoms with Crippen molar-refractivity contribution in [3.8, 4) is 0 Å². The Morgan fingerprint density at radius 2 is 2.00 bits per heavy atom. The van der Waals surface area contributed by atoms with Crippen LogP contribution in [0, 0.1) is 5.41 Å². The normalized spacial score (nSPS) is 20.6. The van der Waals surface area contributed by atoms with Gasteiger partial charge in [0.2, 0.25) is 0 Å². The van der Waals surface area contributed by atoms with Gasteiger partial charge in [0.05, 0.1) is 17.6 Å². The Balaban J connectivity index is 2.01. The van der Waals surface area contributed by atoms with Crippen LogP contribution in [-0.2, 0) is 0 Å². The maximum atomic E-state index is 6.02. The quantitative estimate of drug-likeness (QED) is 0.906. The monoisotopic (exact) mass is 275 g/mol. The first-order valence-corrected chi connectivity index (χ1v) is 7.87. The summed E-state index contributed by atoms with van der Waals surface area (Å²) in [6, 6.07) is 4.95. The summed E-state index contributed by atoms with van der Waals surface area (Å²) in [5, 5.41) is 0. The SMILES string of the molecule is CCC(N)c1ccc(N(C)C2CCC(C)(C)CC2)cn1. The number of aromatic nitrogens is 1. The van der Waals surface area contributed by atoms with Gasteiger partial charge in [-0.1, -0.05) is 20.8 Å². The standard InChI is InChI=1S/C17H29N3/c1-5-15(18)16-7-6-14(12-19-16)20(4)13-8-10-17(2,3)11-9-13/h6-7,12-13,15H,5,8-11,18H2,1-4H3. The maximum Gasteiger partial charge on any atom is 0.0572 e. The van der Waals surface area contributed by atoms with Crippen molar-refractivity contribution in [2.75, 3.05) is 11.9 Å². The predicted octanol–water partition coefficient (Wildman–Crippen LogP) is 3.90. The Hall–Kier alpha value is -1.09. The molecule has 1 aliphatic rings. The van der Waals surface area contributed by atoms with Crippen LogP contribution in [0.15, 0.2) is 18.3 Å². The van der Waals surface area contributed by atoms with E-state index in [-0.39, 0.29) is 6.04 Å². The first-order valence-electron chi connectivity index (χ1n) is 7.87. The van der Waals surface area contributed by atoms with E-state index in [1.54, 1.807) is 0 Å². The van der Waals surface area contributed by atoms with Crippen LogP contribution in [0.4, 0.5) is 5.69 Å². The highest BCUT2D eigenvalue weighted by molar-refractivity contribution is 5.45. The van der Waals surface area contributed by atoms with Gasteiger partial charge < -0.3 is 10.6 Å². The van der Waals surface area contributed by atoms with Crippen molar-refractivity contribution < 1.29 is 0 Å². The number of nitrogens with zero attached hydrogens (tertiary/aromatic N) is 2. The van der Waals surface area contributed by atoms with Crippen LogP contribution in [0.25, 0.3) is 0 Å². The zero-order valence-electron chi connectivity index (χ0n) is 13.4. The summed E-state index contributed by atoms with van der Waals surface area (Å²) in [7, 11) is 2.19. The highest BCUT2D eigenvalue weighted by Crippen LogP contribution is 2.37.